The van der Waals surface area contributed by atoms with Crippen molar-refractivity contribution in [3.63, 3.8) is 0 Å². The van der Waals surface area contributed by atoms with Crippen molar-refractivity contribution in [3.05, 3.63) is 11.6 Å². The standard InChI is InChI=1S/C9H12F2N4O3S2/c10-6(11)5-14(1-3-16)20(17,18)8-7(12)13-9-15(8)2-4-19-9/h2,4,6,16H,1,3,5,12H2. The van der Waals surface area contributed by atoms with Crippen LogP contribution in [0.4, 0.5) is 14.6 Å². The number of aliphatic hydroxyl groups excluding tert-OH is 1. The van der Waals surface area contributed by atoms with E-state index >= 15 is 0 Å². The van der Waals surface area contributed by atoms with E-state index in [1.165, 1.54) is 21.9 Å². The first-order chi connectivity index (χ1) is 9.37. The molecule has 0 saturated heterocycles. The second-order valence-corrected chi connectivity index (χ2v) is 6.56. The molecular weight excluding hydrogens is 314 g/mol. The average Bonchev–Trinajstić information content (AvgIpc) is 2.86. The molecule has 0 aliphatic rings. The third kappa shape index (κ3) is 2.61. The normalized spacial score (nSPS) is 12.8. The number of fused-ring (bicyclic) bond motifs is 1. The van der Waals surface area contributed by atoms with Gasteiger partial charge in [0.15, 0.2) is 15.8 Å². The maximum absolute atomic E-state index is 12.5. The Kier molecular flexibility index (Phi) is 4.22. The van der Waals surface area contributed by atoms with Gasteiger partial charge in [0.2, 0.25) is 0 Å². The number of thiazole rings is 1. The summed E-state index contributed by atoms with van der Waals surface area (Å²) in [4.78, 5) is 4.21. The lowest BCUT2D eigenvalue weighted by Crippen LogP contribution is -2.38. The first-order valence-electron chi connectivity index (χ1n) is 5.48. The number of alkyl halides is 2. The van der Waals surface area contributed by atoms with Crippen molar-refractivity contribution in [2.75, 3.05) is 25.4 Å². The van der Waals surface area contributed by atoms with Gasteiger partial charge in [-0.1, -0.05) is 0 Å². The minimum absolute atomic E-state index is 0.256. The number of nitrogens with zero attached hydrogens (tertiary/aromatic N) is 3. The highest BCUT2D eigenvalue weighted by Crippen LogP contribution is 2.26. The van der Waals surface area contributed by atoms with Crippen LogP contribution in [0, 0.1) is 0 Å². The average molecular weight is 326 g/mol. The van der Waals surface area contributed by atoms with Crippen LogP contribution in [0.25, 0.3) is 4.96 Å². The van der Waals surface area contributed by atoms with Crippen LogP contribution in [0.1, 0.15) is 0 Å². The summed E-state index contributed by atoms with van der Waals surface area (Å²) in [5.74, 6) is -0.256. The van der Waals surface area contributed by atoms with Crippen molar-refractivity contribution >= 4 is 32.1 Å². The van der Waals surface area contributed by atoms with Crippen molar-refractivity contribution in [3.8, 4) is 0 Å². The van der Waals surface area contributed by atoms with Crippen molar-refractivity contribution in [1.29, 1.82) is 0 Å². The Labute approximate surface area is 117 Å². The van der Waals surface area contributed by atoms with Gasteiger partial charge in [0.25, 0.3) is 16.4 Å². The van der Waals surface area contributed by atoms with E-state index in [4.69, 9.17) is 10.8 Å². The molecule has 0 fully saturated rings. The van der Waals surface area contributed by atoms with Gasteiger partial charge in [-0.25, -0.2) is 22.2 Å². The van der Waals surface area contributed by atoms with Crippen LogP contribution in [-0.2, 0) is 10.0 Å². The molecule has 20 heavy (non-hydrogen) atoms. The quantitative estimate of drug-likeness (QED) is 0.791. The Hall–Kier alpha value is -1.30. The fraction of sp³-hybridized carbons (Fsp3) is 0.444. The van der Waals surface area contributed by atoms with Crippen LogP contribution in [0.3, 0.4) is 0 Å². The second kappa shape index (κ2) is 5.60. The molecule has 112 valence electrons. The minimum Gasteiger partial charge on any atom is -0.395 e. The molecular formula is C9H12F2N4O3S2. The summed E-state index contributed by atoms with van der Waals surface area (Å²) in [6.07, 6.45) is -1.42. The fourth-order valence-corrected chi connectivity index (χ4v) is 4.10. The maximum atomic E-state index is 12.5. The van der Waals surface area contributed by atoms with E-state index in [9.17, 15) is 17.2 Å². The van der Waals surface area contributed by atoms with Gasteiger partial charge in [0, 0.05) is 18.1 Å². The van der Waals surface area contributed by atoms with Crippen molar-refractivity contribution in [2.24, 2.45) is 0 Å². The van der Waals surface area contributed by atoms with Crippen molar-refractivity contribution in [2.45, 2.75) is 11.5 Å². The molecule has 2 aromatic heterocycles. The number of rotatable bonds is 6. The number of hydrogen-bond donors (Lipinski definition) is 2. The first-order valence-corrected chi connectivity index (χ1v) is 7.80. The van der Waals surface area contributed by atoms with Crippen LogP contribution in [0.2, 0.25) is 0 Å². The highest BCUT2D eigenvalue weighted by molar-refractivity contribution is 7.89. The van der Waals surface area contributed by atoms with Crippen LogP contribution in [-0.4, -0.2) is 53.3 Å². The minimum atomic E-state index is -4.27. The maximum Gasteiger partial charge on any atom is 0.263 e. The number of aliphatic hydroxyl groups is 1. The molecule has 11 heteroatoms. The van der Waals surface area contributed by atoms with Gasteiger partial charge in [-0.15, -0.1) is 11.3 Å². The molecule has 3 N–H and O–H groups in total. The number of halogens is 2. The topological polar surface area (TPSA) is 101 Å². The Morgan fingerprint density at radius 2 is 2.25 bits per heavy atom. The van der Waals surface area contributed by atoms with Gasteiger partial charge in [-0.2, -0.15) is 4.31 Å². The summed E-state index contributed by atoms with van der Waals surface area (Å²) >= 11 is 1.17. The summed E-state index contributed by atoms with van der Waals surface area (Å²) in [5.41, 5.74) is 5.57. The number of nitrogens with two attached hydrogens (primary N) is 1. The van der Waals surface area contributed by atoms with E-state index < -0.39 is 36.1 Å². The highest BCUT2D eigenvalue weighted by Gasteiger charge is 2.32. The van der Waals surface area contributed by atoms with Gasteiger partial charge in [-0.3, -0.25) is 4.40 Å². The van der Waals surface area contributed by atoms with E-state index in [1.807, 2.05) is 0 Å². The molecule has 0 unspecified atom stereocenters. The number of anilines is 1. The monoisotopic (exact) mass is 326 g/mol. The highest BCUT2D eigenvalue weighted by atomic mass is 32.2. The van der Waals surface area contributed by atoms with Gasteiger partial charge < -0.3 is 10.8 Å². The van der Waals surface area contributed by atoms with E-state index in [0.717, 1.165) is 0 Å². The van der Waals surface area contributed by atoms with Gasteiger partial charge >= 0.3 is 0 Å². The lowest BCUT2D eigenvalue weighted by atomic mass is 10.6. The predicted octanol–water partition coefficient (Wildman–Crippen LogP) is 0.226. The van der Waals surface area contributed by atoms with Gasteiger partial charge in [-0.05, 0) is 0 Å². The molecule has 0 aliphatic carbocycles. The molecule has 0 atom stereocenters. The molecule has 0 bridgehead atoms. The molecule has 2 aromatic rings. The van der Waals surface area contributed by atoms with Crippen molar-refractivity contribution < 1.29 is 22.3 Å². The molecule has 7 nitrogen and oxygen atoms in total. The number of hydrogen-bond acceptors (Lipinski definition) is 6. The number of nitrogen functional groups attached to an aromatic ring is 1. The zero-order valence-corrected chi connectivity index (χ0v) is 11.7. The summed E-state index contributed by atoms with van der Waals surface area (Å²) in [7, 11) is -4.27. The van der Waals surface area contributed by atoms with Crippen LogP contribution >= 0.6 is 11.3 Å². The van der Waals surface area contributed by atoms with E-state index in [-0.39, 0.29) is 10.8 Å². The molecule has 0 aromatic carbocycles. The van der Waals surface area contributed by atoms with Crippen molar-refractivity contribution in [1.82, 2.24) is 13.7 Å². The SMILES string of the molecule is Nc1nc2sccn2c1S(=O)(=O)N(CCO)CC(F)F. The van der Waals surface area contributed by atoms with E-state index in [0.29, 0.717) is 9.27 Å². The number of sulfonamides is 1. The summed E-state index contributed by atoms with van der Waals surface area (Å²) in [5, 5.41) is 10.1. The van der Waals surface area contributed by atoms with E-state index in [2.05, 4.69) is 4.98 Å². The van der Waals surface area contributed by atoms with Crippen LogP contribution in [0.5, 0.6) is 0 Å². The molecule has 2 heterocycles. The number of imidazole rings is 1. The summed E-state index contributed by atoms with van der Waals surface area (Å²) in [6, 6.07) is 0. The van der Waals surface area contributed by atoms with Gasteiger partial charge in [0.05, 0.1) is 13.2 Å². The fourth-order valence-electron chi connectivity index (χ4n) is 1.74. The molecule has 0 spiro atoms. The van der Waals surface area contributed by atoms with Crippen LogP contribution < -0.4 is 5.73 Å². The number of aromatic nitrogens is 2. The van der Waals surface area contributed by atoms with E-state index in [1.54, 1.807) is 5.38 Å². The van der Waals surface area contributed by atoms with Gasteiger partial charge in [0.1, 0.15) is 0 Å². The predicted molar refractivity (Wildman–Crippen MR) is 69.3 cm³/mol. The molecule has 2 rings (SSSR count). The lowest BCUT2D eigenvalue weighted by Gasteiger charge is -2.20. The molecule has 0 radical (unpaired) electrons. The lowest BCUT2D eigenvalue weighted by molar-refractivity contribution is 0.113. The van der Waals surface area contributed by atoms with Crippen LogP contribution in [0.15, 0.2) is 16.6 Å². The zero-order valence-electron chi connectivity index (χ0n) is 10.1. The summed E-state index contributed by atoms with van der Waals surface area (Å²) < 4.78 is 51.5. The zero-order chi connectivity index (χ0) is 14.9. The Morgan fingerprint density at radius 1 is 1.55 bits per heavy atom. The third-order valence-corrected chi connectivity index (χ3v) is 5.18. The Morgan fingerprint density at radius 3 is 2.85 bits per heavy atom. The largest absolute Gasteiger partial charge is 0.395 e. The molecule has 0 saturated carbocycles. The molecule has 0 aliphatic heterocycles. The third-order valence-electron chi connectivity index (χ3n) is 2.52. The Balaban J connectivity index is 2.51. The molecule has 0 amide bonds. The smallest absolute Gasteiger partial charge is 0.263 e. The Bertz CT molecular complexity index is 697. The second-order valence-electron chi connectivity index (χ2n) is 3.84. The first kappa shape index (κ1) is 15.1. The summed E-state index contributed by atoms with van der Waals surface area (Å²) in [6.45, 7) is -2.03.